The van der Waals surface area contributed by atoms with E-state index in [-0.39, 0.29) is 19.1 Å². The number of carbonyl (C=O) groups is 2. The number of methoxy groups -OCH3 is 1. The second-order valence-electron chi connectivity index (χ2n) is 5.16. The predicted molar refractivity (Wildman–Crippen MR) is 77.2 cm³/mol. The molecule has 0 aromatic heterocycles. The molecular formula is C12H23N3O5S. The Morgan fingerprint density at radius 2 is 1.90 bits per heavy atom. The maximum Gasteiger partial charge on any atom is 0.316 e. The molecule has 0 bridgehead atoms. The van der Waals surface area contributed by atoms with Gasteiger partial charge in [0, 0.05) is 27.2 Å². The molecule has 0 aromatic rings. The van der Waals surface area contributed by atoms with Crippen LogP contribution in [0.5, 0.6) is 0 Å². The Morgan fingerprint density at radius 3 is 2.48 bits per heavy atom. The molecule has 1 rings (SSSR count). The van der Waals surface area contributed by atoms with Crippen LogP contribution in [0.4, 0.5) is 4.79 Å². The third kappa shape index (κ3) is 4.85. The first-order chi connectivity index (χ1) is 9.79. The molecule has 122 valence electrons. The van der Waals surface area contributed by atoms with Crippen LogP contribution in [-0.4, -0.2) is 64.9 Å². The lowest BCUT2D eigenvalue weighted by molar-refractivity contribution is -0.145. The SMILES string of the molecule is COC(=O)C1CCCC1S(=O)(=O)NCCNC(=O)N(C)C. The molecule has 1 saturated carbocycles. The molecule has 0 saturated heterocycles. The molecule has 2 N–H and O–H groups in total. The van der Waals surface area contributed by atoms with Crippen molar-refractivity contribution in [2.75, 3.05) is 34.3 Å². The van der Waals surface area contributed by atoms with Gasteiger partial charge in [-0.25, -0.2) is 17.9 Å². The molecule has 0 aromatic carbocycles. The van der Waals surface area contributed by atoms with E-state index in [9.17, 15) is 18.0 Å². The average Bonchev–Trinajstić information content (AvgIpc) is 2.92. The Bertz CT molecular complexity index is 477. The number of esters is 1. The van der Waals surface area contributed by atoms with E-state index in [1.807, 2.05) is 0 Å². The van der Waals surface area contributed by atoms with Crippen molar-refractivity contribution in [1.82, 2.24) is 14.9 Å². The number of sulfonamides is 1. The second kappa shape index (κ2) is 7.60. The normalized spacial score (nSPS) is 21.9. The van der Waals surface area contributed by atoms with Gasteiger partial charge in [0.25, 0.3) is 0 Å². The second-order valence-corrected chi connectivity index (χ2v) is 7.15. The van der Waals surface area contributed by atoms with Gasteiger partial charge in [0.15, 0.2) is 0 Å². The highest BCUT2D eigenvalue weighted by Gasteiger charge is 2.41. The van der Waals surface area contributed by atoms with Crippen LogP contribution in [0.25, 0.3) is 0 Å². The molecule has 0 aliphatic heterocycles. The first kappa shape index (κ1) is 17.7. The number of amides is 2. The van der Waals surface area contributed by atoms with Crippen molar-refractivity contribution in [2.24, 2.45) is 5.92 Å². The lowest BCUT2D eigenvalue weighted by atomic mass is 10.1. The fraction of sp³-hybridized carbons (Fsp3) is 0.833. The topological polar surface area (TPSA) is 105 Å². The van der Waals surface area contributed by atoms with Gasteiger partial charge in [-0.3, -0.25) is 4.79 Å². The fourth-order valence-electron chi connectivity index (χ4n) is 2.35. The van der Waals surface area contributed by atoms with Gasteiger partial charge in [0.2, 0.25) is 10.0 Å². The molecule has 2 unspecified atom stereocenters. The third-order valence-electron chi connectivity index (χ3n) is 3.47. The summed E-state index contributed by atoms with van der Waals surface area (Å²) in [6.07, 6.45) is 1.65. The first-order valence-electron chi connectivity index (χ1n) is 6.81. The Hall–Kier alpha value is -1.35. The summed E-state index contributed by atoms with van der Waals surface area (Å²) in [5.74, 6) is -1.09. The molecule has 21 heavy (non-hydrogen) atoms. The standard InChI is InChI=1S/C12H23N3O5S/c1-15(2)12(17)13-7-8-14-21(18,19)10-6-4-5-9(10)11(16)20-3/h9-10,14H,4-8H2,1-3H3,(H,13,17). The summed E-state index contributed by atoms with van der Waals surface area (Å²) in [5.41, 5.74) is 0. The smallest absolute Gasteiger partial charge is 0.316 e. The van der Waals surface area contributed by atoms with E-state index in [0.29, 0.717) is 19.3 Å². The van der Waals surface area contributed by atoms with Crippen LogP contribution in [-0.2, 0) is 19.6 Å². The number of carbonyl (C=O) groups excluding carboxylic acids is 2. The van der Waals surface area contributed by atoms with Crippen molar-refractivity contribution in [2.45, 2.75) is 24.5 Å². The maximum atomic E-state index is 12.2. The number of nitrogens with one attached hydrogen (secondary N) is 2. The Morgan fingerprint density at radius 1 is 1.24 bits per heavy atom. The van der Waals surface area contributed by atoms with E-state index in [0.717, 1.165) is 0 Å². The number of urea groups is 1. The molecular weight excluding hydrogens is 298 g/mol. The highest BCUT2D eigenvalue weighted by atomic mass is 32.2. The van der Waals surface area contributed by atoms with Gasteiger partial charge in [0.1, 0.15) is 0 Å². The average molecular weight is 321 g/mol. The quantitative estimate of drug-likeness (QED) is 0.508. The third-order valence-corrected chi connectivity index (χ3v) is 5.43. The van der Waals surface area contributed by atoms with Crippen molar-refractivity contribution < 1.29 is 22.7 Å². The van der Waals surface area contributed by atoms with Crippen LogP contribution in [0.1, 0.15) is 19.3 Å². The summed E-state index contributed by atoms with van der Waals surface area (Å²) in [6.45, 7) is 0.276. The summed E-state index contributed by atoms with van der Waals surface area (Å²) in [7, 11) is 0.853. The molecule has 1 aliphatic carbocycles. The monoisotopic (exact) mass is 321 g/mol. The minimum absolute atomic E-state index is 0.0896. The van der Waals surface area contributed by atoms with Gasteiger partial charge in [-0.15, -0.1) is 0 Å². The minimum Gasteiger partial charge on any atom is -0.469 e. The number of hydrogen-bond acceptors (Lipinski definition) is 5. The van der Waals surface area contributed by atoms with Crippen LogP contribution < -0.4 is 10.0 Å². The van der Waals surface area contributed by atoms with Crippen LogP contribution in [0, 0.1) is 5.92 Å². The minimum atomic E-state index is -3.60. The van der Waals surface area contributed by atoms with Gasteiger partial charge in [0.05, 0.1) is 18.3 Å². The van der Waals surface area contributed by atoms with Crippen LogP contribution in [0.15, 0.2) is 0 Å². The molecule has 0 heterocycles. The van der Waals surface area contributed by atoms with Gasteiger partial charge in [-0.05, 0) is 12.8 Å². The molecule has 2 atom stereocenters. The van der Waals surface area contributed by atoms with E-state index in [4.69, 9.17) is 0 Å². The van der Waals surface area contributed by atoms with Crippen LogP contribution >= 0.6 is 0 Å². The number of nitrogens with zero attached hydrogens (tertiary/aromatic N) is 1. The summed E-state index contributed by atoms with van der Waals surface area (Å²) in [4.78, 5) is 24.2. The number of rotatable bonds is 6. The van der Waals surface area contributed by atoms with E-state index < -0.39 is 27.2 Å². The highest BCUT2D eigenvalue weighted by Crippen LogP contribution is 2.31. The first-order valence-corrected chi connectivity index (χ1v) is 8.35. The van der Waals surface area contributed by atoms with E-state index in [2.05, 4.69) is 14.8 Å². The Kier molecular flexibility index (Phi) is 6.41. The number of hydrogen-bond donors (Lipinski definition) is 2. The summed E-state index contributed by atoms with van der Waals surface area (Å²) in [6, 6.07) is -0.289. The van der Waals surface area contributed by atoms with Crippen LogP contribution in [0.2, 0.25) is 0 Å². The van der Waals surface area contributed by atoms with E-state index >= 15 is 0 Å². The lowest BCUT2D eigenvalue weighted by Gasteiger charge is -2.19. The molecule has 1 fully saturated rings. The van der Waals surface area contributed by atoms with Crippen LogP contribution in [0.3, 0.4) is 0 Å². The van der Waals surface area contributed by atoms with Crippen molar-refractivity contribution >= 4 is 22.0 Å². The molecule has 0 spiro atoms. The molecule has 9 heteroatoms. The van der Waals surface area contributed by atoms with Gasteiger partial charge >= 0.3 is 12.0 Å². The zero-order valence-electron chi connectivity index (χ0n) is 12.6. The number of ether oxygens (including phenoxy) is 1. The zero-order chi connectivity index (χ0) is 16.0. The largest absolute Gasteiger partial charge is 0.469 e. The predicted octanol–water partition coefficient (Wildman–Crippen LogP) is -0.481. The summed E-state index contributed by atoms with van der Waals surface area (Å²) >= 11 is 0. The maximum absolute atomic E-state index is 12.2. The van der Waals surface area contributed by atoms with Crippen molar-refractivity contribution in [3.8, 4) is 0 Å². The lowest BCUT2D eigenvalue weighted by Crippen LogP contribution is -2.43. The Balaban J connectivity index is 2.49. The van der Waals surface area contributed by atoms with Crippen molar-refractivity contribution in [1.29, 1.82) is 0 Å². The van der Waals surface area contributed by atoms with E-state index in [1.54, 1.807) is 14.1 Å². The molecule has 8 nitrogen and oxygen atoms in total. The summed E-state index contributed by atoms with van der Waals surface area (Å²) < 4.78 is 31.5. The zero-order valence-corrected chi connectivity index (χ0v) is 13.4. The fourth-order valence-corrected chi connectivity index (χ4v) is 4.10. The Labute approximate surface area is 125 Å². The molecule has 2 amide bonds. The highest BCUT2D eigenvalue weighted by molar-refractivity contribution is 7.90. The summed E-state index contributed by atoms with van der Waals surface area (Å²) in [5, 5.41) is 1.80. The van der Waals surface area contributed by atoms with Gasteiger partial charge in [-0.1, -0.05) is 6.42 Å². The molecule has 0 radical (unpaired) electrons. The van der Waals surface area contributed by atoms with E-state index in [1.165, 1.54) is 12.0 Å². The molecule has 1 aliphatic rings. The van der Waals surface area contributed by atoms with Crippen molar-refractivity contribution in [3.63, 3.8) is 0 Å². The van der Waals surface area contributed by atoms with Crippen molar-refractivity contribution in [3.05, 3.63) is 0 Å². The van der Waals surface area contributed by atoms with Gasteiger partial charge < -0.3 is 15.0 Å². The van der Waals surface area contributed by atoms with Gasteiger partial charge in [-0.2, -0.15) is 0 Å².